The lowest BCUT2D eigenvalue weighted by atomic mass is 10.1. The van der Waals surface area contributed by atoms with E-state index in [0.717, 1.165) is 5.56 Å². The molecule has 0 aliphatic heterocycles. The minimum absolute atomic E-state index is 0.192. The maximum Gasteiger partial charge on any atom is 0.315 e. The molecular formula is C14H22N2O3. The topological polar surface area (TPSA) is 59.6 Å². The molecule has 0 heterocycles. The Hall–Kier alpha value is -1.91. The second kappa shape index (κ2) is 6.31. The minimum Gasteiger partial charge on any atom is -0.493 e. The molecule has 2 amide bonds. The number of methoxy groups -OCH3 is 2. The van der Waals surface area contributed by atoms with Crippen LogP contribution in [-0.4, -0.2) is 25.8 Å². The molecule has 0 unspecified atom stereocenters. The van der Waals surface area contributed by atoms with E-state index in [4.69, 9.17) is 9.47 Å². The first-order chi connectivity index (χ1) is 8.85. The monoisotopic (exact) mass is 266 g/mol. The number of ether oxygens (including phenoxy) is 2. The van der Waals surface area contributed by atoms with E-state index in [2.05, 4.69) is 10.6 Å². The Morgan fingerprint density at radius 2 is 1.79 bits per heavy atom. The van der Waals surface area contributed by atoms with Crippen LogP contribution in [-0.2, 0) is 6.54 Å². The molecule has 1 aromatic carbocycles. The Labute approximate surface area is 114 Å². The van der Waals surface area contributed by atoms with Crippen molar-refractivity contribution in [2.75, 3.05) is 14.2 Å². The summed E-state index contributed by atoms with van der Waals surface area (Å²) in [5.41, 5.74) is 0.698. The third-order valence-electron chi connectivity index (χ3n) is 2.39. The number of amides is 2. The summed E-state index contributed by atoms with van der Waals surface area (Å²) in [6.45, 7) is 6.23. The van der Waals surface area contributed by atoms with Crippen molar-refractivity contribution in [2.45, 2.75) is 32.9 Å². The van der Waals surface area contributed by atoms with Gasteiger partial charge in [0, 0.05) is 12.1 Å². The number of hydrogen-bond acceptors (Lipinski definition) is 3. The normalized spacial score (nSPS) is 10.8. The van der Waals surface area contributed by atoms with E-state index in [-0.39, 0.29) is 11.6 Å². The number of urea groups is 1. The SMILES string of the molecule is COc1ccc(CNC(=O)NC(C)(C)C)cc1OC. The smallest absolute Gasteiger partial charge is 0.315 e. The highest BCUT2D eigenvalue weighted by molar-refractivity contribution is 5.74. The lowest BCUT2D eigenvalue weighted by Gasteiger charge is -2.20. The molecule has 2 N–H and O–H groups in total. The zero-order valence-electron chi connectivity index (χ0n) is 12.2. The average molecular weight is 266 g/mol. The second-order valence-electron chi connectivity index (χ2n) is 5.25. The van der Waals surface area contributed by atoms with Crippen LogP contribution in [0.15, 0.2) is 18.2 Å². The lowest BCUT2D eigenvalue weighted by Crippen LogP contribution is -2.46. The summed E-state index contributed by atoms with van der Waals surface area (Å²) in [5, 5.41) is 5.63. The molecule has 0 aliphatic rings. The van der Waals surface area contributed by atoms with Gasteiger partial charge in [0.15, 0.2) is 11.5 Å². The number of hydrogen-bond donors (Lipinski definition) is 2. The van der Waals surface area contributed by atoms with Gasteiger partial charge in [0.2, 0.25) is 0 Å². The Kier molecular flexibility index (Phi) is 5.03. The van der Waals surface area contributed by atoms with Crippen molar-refractivity contribution >= 4 is 6.03 Å². The van der Waals surface area contributed by atoms with Crippen LogP contribution in [0, 0.1) is 0 Å². The standard InChI is InChI=1S/C14H22N2O3/c1-14(2,3)16-13(17)15-9-10-6-7-11(18-4)12(8-10)19-5/h6-8H,9H2,1-5H3,(H2,15,16,17). The largest absolute Gasteiger partial charge is 0.493 e. The van der Waals surface area contributed by atoms with Gasteiger partial charge in [-0.25, -0.2) is 4.79 Å². The van der Waals surface area contributed by atoms with E-state index < -0.39 is 0 Å². The van der Waals surface area contributed by atoms with Gasteiger partial charge in [-0.3, -0.25) is 0 Å². The number of nitrogens with one attached hydrogen (secondary N) is 2. The fraction of sp³-hybridized carbons (Fsp3) is 0.500. The molecule has 0 aliphatic carbocycles. The van der Waals surface area contributed by atoms with Crippen molar-refractivity contribution in [1.29, 1.82) is 0 Å². The zero-order chi connectivity index (χ0) is 14.5. The number of carbonyl (C=O) groups is 1. The molecule has 0 spiro atoms. The van der Waals surface area contributed by atoms with Crippen LogP contribution < -0.4 is 20.1 Å². The summed E-state index contributed by atoms with van der Waals surface area (Å²) in [5.74, 6) is 1.32. The maximum absolute atomic E-state index is 11.6. The quantitative estimate of drug-likeness (QED) is 0.879. The molecule has 1 aromatic rings. The summed E-state index contributed by atoms with van der Waals surface area (Å²) >= 11 is 0. The summed E-state index contributed by atoms with van der Waals surface area (Å²) < 4.78 is 10.4. The molecule has 0 saturated carbocycles. The Bertz CT molecular complexity index is 439. The fourth-order valence-electron chi connectivity index (χ4n) is 1.56. The first-order valence-corrected chi connectivity index (χ1v) is 6.12. The van der Waals surface area contributed by atoms with Crippen molar-refractivity contribution in [3.05, 3.63) is 23.8 Å². The summed E-state index contributed by atoms with van der Waals surface area (Å²) in [7, 11) is 3.17. The molecule has 5 heteroatoms. The first-order valence-electron chi connectivity index (χ1n) is 6.12. The third-order valence-corrected chi connectivity index (χ3v) is 2.39. The van der Waals surface area contributed by atoms with Crippen molar-refractivity contribution in [2.24, 2.45) is 0 Å². The van der Waals surface area contributed by atoms with Gasteiger partial charge in [0.1, 0.15) is 0 Å². The van der Waals surface area contributed by atoms with Crippen molar-refractivity contribution in [3.63, 3.8) is 0 Å². The fourth-order valence-corrected chi connectivity index (χ4v) is 1.56. The molecule has 0 radical (unpaired) electrons. The number of rotatable bonds is 4. The molecule has 0 atom stereocenters. The van der Waals surface area contributed by atoms with E-state index in [1.807, 2.05) is 39.0 Å². The van der Waals surface area contributed by atoms with E-state index >= 15 is 0 Å². The highest BCUT2D eigenvalue weighted by Crippen LogP contribution is 2.27. The number of carbonyl (C=O) groups excluding carboxylic acids is 1. The van der Waals surface area contributed by atoms with Gasteiger partial charge in [-0.05, 0) is 38.5 Å². The van der Waals surface area contributed by atoms with Gasteiger partial charge in [0.25, 0.3) is 0 Å². The first kappa shape index (κ1) is 15.1. The molecule has 0 aromatic heterocycles. The molecule has 19 heavy (non-hydrogen) atoms. The third kappa shape index (κ3) is 5.07. The van der Waals surface area contributed by atoms with E-state index in [0.29, 0.717) is 18.0 Å². The summed E-state index contributed by atoms with van der Waals surface area (Å²) in [4.78, 5) is 11.6. The molecule has 1 rings (SSSR count). The van der Waals surface area contributed by atoms with Gasteiger partial charge >= 0.3 is 6.03 Å². The molecule has 0 bridgehead atoms. The van der Waals surface area contributed by atoms with Crippen molar-refractivity contribution < 1.29 is 14.3 Å². The van der Waals surface area contributed by atoms with Gasteiger partial charge in [-0.15, -0.1) is 0 Å². The van der Waals surface area contributed by atoms with Gasteiger partial charge < -0.3 is 20.1 Å². The van der Waals surface area contributed by atoms with E-state index in [9.17, 15) is 4.79 Å². The molecule has 0 saturated heterocycles. The minimum atomic E-state index is -0.248. The van der Waals surface area contributed by atoms with Crippen LogP contribution in [0.5, 0.6) is 11.5 Å². The van der Waals surface area contributed by atoms with Crippen molar-refractivity contribution in [1.82, 2.24) is 10.6 Å². The van der Waals surface area contributed by atoms with Crippen LogP contribution in [0.1, 0.15) is 26.3 Å². The second-order valence-corrected chi connectivity index (χ2v) is 5.25. The van der Waals surface area contributed by atoms with Gasteiger partial charge in [-0.2, -0.15) is 0 Å². The van der Waals surface area contributed by atoms with E-state index in [1.54, 1.807) is 14.2 Å². The van der Waals surface area contributed by atoms with Crippen LogP contribution in [0.3, 0.4) is 0 Å². The van der Waals surface area contributed by atoms with Crippen LogP contribution in [0.25, 0.3) is 0 Å². The highest BCUT2D eigenvalue weighted by atomic mass is 16.5. The maximum atomic E-state index is 11.6. The van der Waals surface area contributed by atoms with Crippen LogP contribution in [0.4, 0.5) is 4.79 Å². The molecular weight excluding hydrogens is 244 g/mol. The van der Waals surface area contributed by atoms with Gasteiger partial charge in [-0.1, -0.05) is 6.07 Å². The predicted octanol–water partition coefficient (Wildman–Crippen LogP) is 2.30. The highest BCUT2D eigenvalue weighted by Gasteiger charge is 2.13. The Morgan fingerprint density at radius 1 is 1.16 bits per heavy atom. The molecule has 0 fully saturated rings. The van der Waals surface area contributed by atoms with E-state index in [1.165, 1.54) is 0 Å². The predicted molar refractivity (Wildman–Crippen MR) is 74.7 cm³/mol. The van der Waals surface area contributed by atoms with Gasteiger partial charge in [0.05, 0.1) is 14.2 Å². The Morgan fingerprint density at radius 3 is 2.32 bits per heavy atom. The summed E-state index contributed by atoms with van der Waals surface area (Å²) in [6, 6.07) is 5.36. The van der Waals surface area contributed by atoms with Crippen molar-refractivity contribution in [3.8, 4) is 11.5 Å². The molecule has 106 valence electrons. The van der Waals surface area contributed by atoms with Crippen LogP contribution in [0.2, 0.25) is 0 Å². The number of benzene rings is 1. The lowest BCUT2D eigenvalue weighted by molar-refractivity contribution is 0.231. The average Bonchev–Trinajstić information content (AvgIpc) is 2.33. The summed E-state index contributed by atoms with van der Waals surface area (Å²) in [6.07, 6.45) is 0. The zero-order valence-corrected chi connectivity index (χ0v) is 12.2. The Balaban J connectivity index is 2.61. The van der Waals surface area contributed by atoms with Crippen LogP contribution >= 0.6 is 0 Å². The molecule has 5 nitrogen and oxygen atoms in total.